The summed E-state index contributed by atoms with van der Waals surface area (Å²) >= 11 is 0. The molecule has 0 bridgehead atoms. The fourth-order valence-electron chi connectivity index (χ4n) is 5.96. The number of hydrogen-bond acceptors (Lipinski definition) is 4. The van der Waals surface area contributed by atoms with E-state index < -0.39 is 28.5 Å². The Labute approximate surface area is 266 Å². The van der Waals surface area contributed by atoms with Crippen molar-refractivity contribution in [2.45, 2.75) is 69.5 Å². The SMILES string of the molecule is Cc1cccc(CN(C(=O)CN(c2cccc(C)c2)S(=O)(=O)c2ccccc2)C(Cc2ccccc2)C(=O)NC2CCCC2)c1. The molecule has 0 heterocycles. The maximum atomic E-state index is 14.6. The second kappa shape index (κ2) is 14.6. The monoisotopic (exact) mass is 623 g/mol. The fourth-order valence-corrected chi connectivity index (χ4v) is 7.39. The van der Waals surface area contributed by atoms with Gasteiger partial charge in [0, 0.05) is 19.0 Å². The number of benzene rings is 4. The second-order valence-electron chi connectivity index (χ2n) is 11.9. The molecule has 1 saturated carbocycles. The molecule has 1 atom stereocenters. The molecular formula is C37H41N3O4S. The first-order valence-electron chi connectivity index (χ1n) is 15.5. The van der Waals surface area contributed by atoms with Crippen molar-refractivity contribution < 1.29 is 18.0 Å². The minimum absolute atomic E-state index is 0.0638. The van der Waals surface area contributed by atoms with Crippen LogP contribution in [0.4, 0.5) is 5.69 Å². The van der Waals surface area contributed by atoms with E-state index in [4.69, 9.17) is 0 Å². The van der Waals surface area contributed by atoms with Crippen molar-refractivity contribution in [3.63, 3.8) is 0 Å². The van der Waals surface area contributed by atoms with Crippen LogP contribution in [-0.4, -0.2) is 43.8 Å². The Balaban J connectivity index is 1.56. The Morgan fingerprint density at radius 2 is 1.38 bits per heavy atom. The smallest absolute Gasteiger partial charge is 0.264 e. The molecule has 0 saturated heterocycles. The van der Waals surface area contributed by atoms with Crippen molar-refractivity contribution in [1.82, 2.24) is 10.2 Å². The first kappa shape index (κ1) is 32.0. The molecule has 0 aromatic heterocycles. The van der Waals surface area contributed by atoms with Gasteiger partial charge in [-0.15, -0.1) is 0 Å². The zero-order chi connectivity index (χ0) is 31.8. The van der Waals surface area contributed by atoms with Crippen LogP contribution in [0.5, 0.6) is 0 Å². The Bertz CT molecular complexity index is 1700. The van der Waals surface area contributed by atoms with E-state index in [9.17, 15) is 18.0 Å². The van der Waals surface area contributed by atoms with Crippen molar-refractivity contribution in [2.24, 2.45) is 0 Å². The van der Waals surface area contributed by atoms with Crippen LogP contribution >= 0.6 is 0 Å². The number of sulfonamides is 1. The maximum Gasteiger partial charge on any atom is 0.264 e. The van der Waals surface area contributed by atoms with Crippen LogP contribution in [0.3, 0.4) is 0 Å². The van der Waals surface area contributed by atoms with Gasteiger partial charge in [0.1, 0.15) is 12.6 Å². The number of amides is 2. The molecule has 0 spiro atoms. The normalized spacial score (nSPS) is 14.1. The Hall–Kier alpha value is -4.43. The topological polar surface area (TPSA) is 86.8 Å². The van der Waals surface area contributed by atoms with Crippen LogP contribution < -0.4 is 9.62 Å². The number of rotatable bonds is 12. The van der Waals surface area contributed by atoms with Crippen LogP contribution in [0.15, 0.2) is 114 Å². The van der Waals surface area contributed by atoms with Crippen LogP contribution in [-0.2, 0) is 32.6 Å². The number of nitrogens with zero attached hydrogens (tertiary/aromatic N) is 2. The van der Waals surface area contributed by atoms with E-state index in [1.165, 1.54) is 12.1 Å². The summed E-state index contributed by atoms with van der Waals surface area (Å²) in [5.74, 6) is -0.681. The summed E-state index contributed by atoms with van der Waals surface area (Å²) in [7, 11) is -4.12. The van der Waals surface area contributed by atoms with E-state index in [-0.39, 0.29) is 23.4 Å². The minimum atomic E-state index is -4.12. The summed E-state index contributed by atoms with van der Waals surface area (Å²) in [5.41, 5.74) is 4.06. The zero-order valence-electron chi connectivity index (χ0n) is 25.9. The third-order valence-electron chi connectivity index (χ3n) is 8.31. The average molecular weight is 624 g/mol. The summed E-state index contributed by atoms with van der Waals surface area (Å²) in [6.45, 7) is 3.55. The molecule has 4 aromatic rings. The van der Waals surface area contributed by atoms with Gasteiger partial charge in [-0.05, 0) is 67.6 Å². The van der Waals surface area contributed by atoms with E-state index in [2.05, 4.69) is 5.32 Å². The molecule has 1 aliphatic rings. The van der Waals surface area contributed by atoms with E-state index in [0.717, 1.165) is 52.2 Å². The lowest BCUT2D eigenvalue weighted by Gasteiger charge is -2.34. The molecule has 1 fully saturated rings. The molecule has 0 radical (unpaired) electrons. The summed E-state index contributed by atoms with van der Waals surface area (Å²) in [6, 6.07) is 31.9. The average Bonchev–Trinajstić information content (AvgIpc) is 3.55. The highest BCUT2D eigenvalue weighted by Gasteiger charge is 2.35. The molecule has 4 aromatic carbocycles. The first-order chi connectivity index (χ1) is 21.7. The Kier molecular flexibility index (Phi) is 10.4. The first-order valence-corrected chi connectivity index (χ1v) is 17.0. The standard InChI is InChI=1S/C37H41N3O4S/c1-28-13-11-17-31(23-28)26-39(35(25-30-15-5-3-6-16-30)37(42)38-32-18-9-10-19-32)36(41)27-40(33-20-12-14-29(2)24-33)45(43,44)34-21-7-4-8-22-34/h3-8,11-17,20-24,32,35H,9-10,18-19,25-27H2,1-2H3,(H,38,42). The van der Waals surface area contributed by atoms with Crippen molar-refractivity contribution in [2.75, 3.05) is 10.8 Å². The maximum absolute atomic E-state index is 14.6. The van der Waals surface area contributed by atoms with Gasteiger partial charge in [0.25, 0.3) is 10.0 Å². The van der Waals surface area contributed by atoms with Crippen LogP contribution in [0.1, 0.15) is 47.9 Å². The van der Waals surface area contributed by atoms with Crippen LogP contribution in [0.2, 0.25) is 0 Å². The van der Waals surface area contributed by atoms with Crippen LogP contribution in [0.25, 0.3) is 0 Å². The Morgan fingerprint density at radius 1 is 0.778 bits per heavy atom. The number of hydrogen-bond donors (Lipinski definition) is 1. The van der Waals surface area contributed by atoms with Crippen molar-refractivity contribution >= 4 is 27.5 Å². The molecule has 1 aliphatic carbocycles. The van der Waals surface area contributed by atoms with Gasteiger partial charge in [-0.25, -0.2) is 8.42 Å². The molecule has 0 aliphatic heterocycles. The molecule has 5 rings (SSSR count). The fraction of sp³-hybridized carbons (Fsp3) is 0.297. The summed E-state index contributed by atoms with van der Waals surface area (Å²) in [4.78, 5) is 30.3. The van der Waals surface area contributed by atoms with Gasteiger partial charge in [-0.2, -0.15) is 0 Å². The Morgan fingerprint density at radius 3 is 2.02 bits per heavy atom. The summed E-state index contributed by atoms with van der Waals surface area (Å²) in [5, 5.41) is 3.22. The highest BCUT2D eigenvalue weighted by atomic mass is 32.2. The predicted molar refractivity (Wildman–Crippen MR) is 178 cm³/mol. The molecule has 7 nitrogen and oxygen atoms in total. The highest BCUT2D eigenvalue weighted by molar-refractivity contribution is 7.92. The lowest BCUT2D eigenvalue weighted by molar-refractivity contribution is -0.140. The van der Waals surface area contributed by atoms with Crippen LogP contribution in [0, 0.1) is 13.8 Å². The van der Waals surface area contributed by atoms with Gasteiger partial charge < -0.3 is 10.2 Å². The zero-order valence-corrected chi connectivity index (χ0v) is 26.7. The summed E-state index contributed by atoms with van der Waals surface area (Å²) < 4.78 is 29.4. The predicted octanol–water partition coefficient (Wildman–Crippen LogP) is 6.20. The van der Waals surface area contributed by atoms with E-state index in [1.807, 2.05) is 74.5 Å². The molecule has 234 valence electrons. The molecule has 8 heteroatoms. The van der Waals surface area contributed by atoms with Gasteiger partial charge in [-0.3, -0.25) is 13.9 Å². The lowest BCUT2D eigenvalue weighted by Crippen LogP contribution is -2.54. The third-order valence-corrected chi connectivity index (χ3v) is 10.1. The number of anilines is 1. The number of nitrogens with one attached hydrogen (secondary N) is 1. The van der Waals surface area contributed by atoms with Crippen molar-refractivity contribution in [1.29, 1.82) is 0 Å². The van der Waals surface area contributed by atoms with Gasteiger partial charge >= 0.3 is 0 Å². The number of carbonyl (C=O) groups excluding carboxylic acids is 2. The van der Waals surface area contributed by atoms with Gasteiger partial charge in [-0.1, -0.05) is 103 Å². The lowest BCUT2D eigenvalue weighted by atomic mass is 10.0. The second-order valence-corrected chi connectivity index (χ2v) is 13.7. The molecule has 2 amide bonds. The molecule has 1 unspecified atom stereocenters. The molecule has 1 N–H and O–H groups in total. The molecular weight excluding hydrogens is 582 g/mol. The van der Waals surface area contributed by atoms with Gasteiger partial charge in [0.05, 0.1) is 10.6 Å². The molecule has 45 heavy (non-hydrogen) atoms. The van der Waals surface area contributed by atoms with E-state index >= 15 is 0 Å². The number of aryl methyl sites for hydroxylation is 2. The van der Waals surface area contributed by atoms with Crippen molar-refractivity contribution in [3.8, 4) is 0 Å². The van der Waals surface area contributed by atoms with E-state index in [0.29, 0.717) is 12.1 Å². The quantitative estimate of drug-likeness (QED) is 0.204. The van der Waals surface area contributed by atoms with Gasteiger partial charge in [0.2, 0.25) is 11.8 Å². The largest absolute Gasteiger partial charge is 0.352 e. The van der Waals surface area contributed by atoms with Gasteiger partial charge in [0.15, 0.2) is 0 Å². The van der Waals surface area contributed by atoms with Crippen molar-refractivity contribution in [3.05, 3.63) is 131 Å². The minimum Gasteiger partial charge on any atom is -0.352 e. The highest BCUT2D eigenvalue weighted by Crippen LogP contribution is 2.26. The summed E-state index contributed by atoms with van der Waals surface area (Å²) in [6.07, 6.45) is 4.23. The third kappa shape index (κ3) is 8.19. The van der Waals surface area contributed by atoms with E-state index in [1.54, 1.807) is 41.3 Å². The number of carbonyl (C=O) groups is 2.